The van der Waals surface area contributed by atoms with Crippen LogP contribution < -0.4 is 5.32 Å². The standard InChI is InChI=1S/C13H17ClF3NO/c1-9(2)18-7-12(19-8-13(15,16)17)10-3-5-11(14)6-4-10/h3-6,9,12,18H,7-8H2,1-2H3. The second-order valence-corrected chi connectivity index (χ2v) is 4.97. The van der Waals surface area contributed by atoms with Gasteiger partial charge in [0.25, 0.3) is 0 Å². The van der Waals surface area contributed by atoms with Gasteiger partial charge in [0.15, 0.2) is 0 Å². The molecule has 0 heterocycles. The Hall–Kier alpha value is -0.780. The predicted molar refractivity (Wildman–Crippen MR) is 69.3 cm³/mol. The highest BCUT2D eigenvalue weighted by atomic mass is 35.5. The molecule has 0 fully saturated rings. The van der Waals surface area contributed by atoms with Gasteiger partial charge in [-0.1, -0.05) is 37.6 Å². The molecule has 0 aliphatic heterocycles. The molecule has 19 heavy (non-hydrogen) atoms. The van der Waals surface area contributed by atoms with Gasteiger partial charge in [-0.15, -0.1) is 0 Å². The smallest absolute Gasteiger partial charge is 0.363 e. The fourth-order valence-corrected chi connectivity index (χ4v) is 1.61. The van der Waals surface area contributed by atoms with Gasteiger partial charge in [0.05, 0.1) is 6.10 Å². The van der Waals surface area contributed by atoms with Crippen molar-refractivity contribution in [2.24, 2.45) is 0 Å². The number of nitrogens with one attached hydrogen (secondary N) is 1. The van der Waals surface area contributed by atoms with E-state index in [0.717, 1.165) is 0 Å². The first-order chi connectivity index (χ1) is 8.78. The summed E-state index contributed by atoms with van der Waals surface area (Å²) in [5.74, 6) is 0. The fourth-order valence-electron chi connectivity index (χ4n) is 1.49. The molecule has 108 valence electrons. The van der Waals surface area contributed by atoms with Crippen LogP contribution in [0.5, 0.6) is 0 Å². The van der Waals surface area contributed by atoms with Crippen LogP contribution in [0.3, 0.4) is 0 Å². The number of benzene rings is 1. The highest BCUT2D eigenvalue weighted by molar-refractivity contribution is 6.30. The minimum Gasteiger partial charge on any atom is -0.363 e. The van der Waals surface area contributed by atoms with Crippen molar-refractivity contribution in [2.45, 2.75) is 32.2 Å². The molecule has 0 bridgehead atoms. The predicted octanol–water partition coefficient (Wildman–Crippen LogP) is 3.96. The normalized spacial score (nSPS) is 13.8. The van der Waals surface area contributed by atoms with E-state index < -0.39 is 18.9 Å². The van der Waals surface area contributed by atoms with Crippen molar-refractivity contribution in [2.75, 3.05) is 13.2 Å². The van der Waals surface area contributed by atoms with Crippen LogP contribution in [0.2, 0.25) is 5.02 Å². The maximum Gasteiger partial charge on any atom is 0.411 e. The first-order valence-electron chi connectivity index (χ1n) is 5.95. The van der Waals surface area contributed by atoms with E-state index in [4.69, 9.17) is 16.3 Å². The van der Waals surface area contributed by atoms with Gasteiger partial charge >= 0.3 is 6.18 Å². The van der Waals surface area contributed by atoms with Crippen LogP contribution in [0.4, 0.5) is 13.2 Å². The summed E-state index contributed by atoms with van der Waals surface area (Å²) in [4.78, 5) is 0. The van der Waals surface area contributed by atoms with E-state index in [1.165, 1.54) is 0 Å². The lowest BCUT2D eigenvalue weighted by Gasteiger charge is -2.21. The Bertz CT molecular complexity index is 378. The zero-order valence-electron chi connectivity index (χ0n) is 10.8. The summed E-state index contributed by atoms with van der Waals surface area (Å²) < 4.78 is 41.6. The van der Waals surface area contributed by atoms with Crippen molar-refractivity contribution in [3.63, 3.8) is 0 Å². The van der Waals surface area contributed by atoms with Crippen molar-refractivity contribution in [1.29, 1.82) is 0 Å². The van der Waals surface area contributed by atoms with Gasteiger partial charge in [0, 0.05) is 17.6 Å². The molecule has 0 saturated carbocycles. The number of hydrogen-bond donors (Lipinski definition) is 1. The van der Waals surface area contributed by atoms with Crippen LogP contribution >= 0.6 is 11.6 Å². The molecule has 0 spiro atoms. The maximum atomic E-state index is 12.2. The first kappa shape index (κ1) is 16.3. The minimum atomic E-state index is -4.33. The molecule has 1 rings (SSSR count). The largest absolute Gasteiger partial charge is 0.411 e. The van der Waals surface area contributed by atoms with Gasteiger partial charge in [0.1, 0.15) is 6.61 Å². The van der Waals surface area contributed by atoms with Gasteiger partial charge in [-0.2, -0.15) is 13.2 Å². The molecule has 0 radical (unpaired) electrons. The zero-order chi connectivity index (χ0) is 14.5. The molecular weight excluding hydrogens is 279 g/mol. The quantitative estimate of drug-likeness (QED) is 0.858. The van der Waals surface area contributed by atoms with Crippen molar-refractivity contribution in [3.8, 4) is 0 Å². The lowest BCUT2D eigenvalue weighted by atomic mass is 10.1. The molecule has 1 atom stereocenters. The van der Waals surface area contributed by atoms with Gasteiger partial charge in [-0.05, 0) is 17.7 Å². The summed E-state index contributed by atoms with van der Waals surface area (Å²) in [6.45, 7) is 2.89. The third-order valence-corrected chi connectivity index (χ3v) is 2.65. The molecule has 1 unspecified atom stereocenters. The number of ether oxygens (including phenoxy) is 1. The molecule has 0 aliphatic rings. The van der Waals surface area contributed by atoms with Crippen LogP contribution in [0, 0.1) is 0 Å². The lowest BCUT2D eigenvalue weighted by Crippen LogP contribution is -2.31. The lowest BCUT2D eigenvalue weighted by molar-refractivity contribution is -0.185. The van der Waals surface area contributed by atoms with Gasteiger partial charge in [-0.25, -0.2) is 0 Å². The van der Waals surface area contributed by atoms with Crippen LogP contribution in [0.15, 0.2) is 24.3 Å². The monoisotopic (exact) mass is 295 g/mol. The number of alkyl halides is 3. The Morgan fingerprint density at radius 1 is 1.21 bits per heavy atom. The van der Waals surface area contributed by atoms with Crippen molar-refractivity contribution >= 4 is 11.6 Å². The third-order valence-electron chi connectivity index (χ3n) is 2.40. The summed E-state index contributed by atoms with van der Waals surface area (Å²) >= 11 is 5.76. The van der Waals surface area contributed by atoms with E-state index in [0.29, 0.717) is 17.1 Å². The van der Waals surface area contributed by atoms with E-state index in [1.54, 1.807) is 24.3 Å². The van der Waals surface area contributed by atoms with Crippen molar-refractivity contribution in [1.82, 2.24) is 5.32 Å². The molecular formula is C13H17ClF3NO. The van der Waals surface area contributed by atoms with Gasteiger partial charge in [0.2, 0.25) is 0 Å². The Balaban J connectivity index is 2.70. The summed E-state index contributed by atoms with van der Waals surface area (Å²) in [6.07, 6.45) is -4.98. The summed E-state index contributed by atoms with van der Waals surface area (Å²) in [5.41, 5.74) is 0.668. The van der Waals surface area contributed by atoms with E-state index in [1.807, 2.05) is 13.8 Å². The van der Waals surface area contributed by atoms with E-state index >= 15 is 0 Å². The summed E-state index contributed by atoms with van der Waals surface area (Å²) in [6, 6.07) is 6.78. The average molecular weight is 296 g/mol. The Morgan fingerprint density at radius 3 is 2.26 bits per heavy atom. The molecule has 1 aromatic carbocycles. The Morgan fingerprint density at radius 2 is 1.79 bits per heavy atom. The third kappa shape index (κ3) is 6.80. The fraction of sp³-hybridized carbons (Fsp3) is 0.538. The highest BCUT2D eigenvalue weighted by Crippen LogP contribution is 2.23. The number of hydrogen-bond acceptors (Lipinski definition) is 2. The van der Waals surface area contributed by atoms with E-state index in [9.17, 15) is 13.2 Å². The summed E-state index contributed by atoms with van der Waals surface area (Å²) in [5, 5.41) is 3.61. The molecule has 0 aromatic heterocycles. The number of halogens is 4. The molecule has 6 heteroatoms. The van der Waals surface area contributed by atoms with Gasteiger partial charge in [-0.3, -0.25) is 0 Å². The topological polar surface area (TPSA) is 21.3 Å². The second kappa shape index (κ2) is 7.12. The van der Waals surface area contributed by atoms with E-state index in [-0.39, 0.29) is 6.04 Å². The first-order valence-corrected chi connectivity index (χ1v) is 6.33. The molecule has 2 nitrogen and oxygen atoms in total. The second-order valence-electron chi connectivity index (χ2n) is 4.53. The molecule has 0 saturated heterocycles. The molecule has 1 N–H and O–H groups in total. The molecule has 1 aromatic rings. The number of rotatable bonds is 6. The van der Waals surface area contributed by atoms with E-state index in [2.05, 4.69) is 5.32 Å². The minimum absolute atomic E-state index is 0.171. The highest BCUT2D eigenvalue weighted by Gasteiger charge is 2.29. The van der Waals surface area contributed by atoms with Crippen LogP contribution in [-0.4, -0.2) is 25.4 Å². The summed E-state index contributed by atoms with van der Waals surface area (Å²) in [7, 11) is 0. The van der Waals surface area contributed by atoms with Crippen LogP contribution in [0.25, 0.3) is 0 Å². The van der Waals surface area contributed by atoms with Crippen molar-refractivity contribution in [3.05, 3.63) is 34.9 Å². The van der Waals surface area contributed by atoms with Gasteiger partial charge < -0.3 is 10.1 Å². The molecule has 0 aliphatic carbocycles. The van der Waals surface area contributed by atoms with Crippen LogP contribution in [0.1, 0.15) is 25.5 Å². The molecule has 0 amide bonds. The Labute approximate surface area is 115 Å². The maximum absolute atomic E-state index is 12.2. The zero-order valence-corrected chi connectivity index (χ0v) is 11.6. The Kier molecular flexibility index (Phi) is 6.10. The SMILES string of the molecule is CC(C)NCC(OCC(F)(F)F)c1ccc(Cl)cc1. The van der Waals surface area contributed by atoms with Crippen LogP contribution in [-0.2, 0) is 4.74 Å². The van der Waals surface area contributed by atoms with Crippen molar-refractivity contribution < 1.29 is 17.9 Å². The average Bonchev–Trinajstić information content (AvgIpc) is 2.29.